The molecule has 1 aliphatic rings. The van der Waals surface area contributed by atoms with E-state index in [-0.39, 0.29) is 17.4 Å². The maximum Gasteiger partial charge on any atom is 0.274 e. The van der Waals surface area contributed by atoms with Gasteiger partial charge in [0.1, 0.15) is 5.69 Å². The Morgan fingerprint density at radius 2 is 2.20 bits per heavy atom. The van der Waals surface area contributed by atoms with Crippen molar-refractivity contribution in [3.8, 4) is 0 Å². The Morgan fingerprint density at radius 3 is 2.92 bits per heavy atom. The molecule has 1 aliphatic heterocycles. The topological polar surface area (TPSA) is 94.1 Å². The van der Waals surface area contributed by atoms with Gasteiger partial charge in [0.25, 0.3) is 11.5 Å². The summed E-state index contributed by atoms with van der Waals surface area (Å²) in [4.78, 5) is 30.7. The number of carbonyl (C=O) groups is 1. The maximum atomic E-state index is 12.8. The molecular formula is C17H23N5O3. The number of likely N-dealkylation sites (tertiary alicyclic amines) is 1. The molecule has 0 aliphatic carbocycles. The van der Waals surface area contributed by atoms with Gasteiger partial charge in [-0.2, -0.15) is 10.1 Å². The summed E-state index contributed by atoms with van der Waals surface area (Å²) < 4.78 is 6.54. The lowest BCUT2D eigenvalue weighted by Crippen LogP contribution is -2.40. The first-order chi connectivity index (χ1) is 12.1. The Bertz CT molecular complexity index is 798. The minimum Gasteiger partial charge on any atom is -0.339 e. The second kappa shape index (κ2) is 7.58. The summed E-state index contributed by atoms with van der Waals surface area (Å²) in [6.07, 6.45) is 3.29. The van der Waals surface area contributed by atoms with E-state index in [1.54, 1.807) is 4.90 Å². The van der Waals surface area contributed by atoms with Crippen molar-refractivity contribution in [3.63, 3.8) is 0 Å². The van der Waals surface area contributed by atoms with Crippen LogP contribution in [-0.2, 0) is 13.0 Å². The quantitative estimate of drug-likeness (QED) is 0.817. The number of piperidine rings is 1. The van der Waals surface area contributed by atoms with Crippen molar-refractivity contribution in [2.75, 3.05) is 13.1 Å². The van der Waals surface area contributed by atoms with Crippen LogP contribution >= 0.6 is 0 Å². The van der Waals surface area contributed by atoms with E-state index in [1.807, 2.05) is 13.8 Å². The molecule has 0 radical (unpaired) electrons. The highest BCUT2D eigenvalue weighted by Crippen LogP contribution is 2.25. The van der Waals surface area contributed by atoms with Gasteiger partial charge in [-0.25, -0.2) is 4.68 Å². The third kappa shape index (κ3) is 3.78. The van der Waals surface area contributed by atoms with Crippen LogP contribution in [0.3, 0.4) is 0 Å². The monoisotopic (exact) mass is 345 g/mol. The van der Waals surface area contributed by atoms with E-state index in [9.17, 15) is 9.59 Å². The van der Waals surface area contributed by atoms with Crippen LogP contribution in [0.4, 0.5) is 0 Å². The fourth-order valence-corrected chi connectivity index (χ4v) is 3.05. The van der Waals surface area contributed by atoms with Gasteiger partial charge in [-0.15, -0.1) is 0 Å². The number of rotatable bonds is 5. The fraction of sp³-hybridized carbons (Fsp3) is 0.588. The molecule has 8 heteroatoms. The molecule has 8 nitrogen and oxygen atoms in total. The predicted molar refractivity (Wildman–Crippen MR) is 90.3 cm³/mol. The molecular weight excluding hydrogens is 322 g/mol. The zero-order valence-electron chi connectivity index (χ0n) is 14.6. The van der Waals surface area contributed by atoms with E-state index >= 15 is 0 Å². The largest absolute Gasteiger partial charge is 0.339 e. The Kier molecular flexibility index (Phi) is 5.25. The van der Waals surface area contributed by atoms with E-state index in [0.29, 0.717) is 43.5 Å². The van der Waals surface area contributed by atoms with Crippen LogP contribution in [0.1, 0.15) is 61.2 Å². The molecule has 1 amide bonds. The molecule has 3 rings (SSSR count). The molecule has 2 aromatic rings. The highest BCUT2D eigenvalue weighted by Gasteiger charge is 2.29. The van der Waals surface area contributed by atoms with Crippen LogP contribution in [-0.4, -0.2) is 43.8 Å². The molecule has 3 heterocycles. The first-order valence-corrected chi connectivity index (χ1v) is 8.82. The number of hydrogen-bond donors (Lipinski definition) is 0. The third-order valence-corrected chi connectivity index (χ3v) is 4.38. The fourth-order valence-electron chi connectivity index (χ4n) is 3.05. The maximum absolute atomic E-state index is 12.8. The summed E-state index contributed by atoms with van der Waals surface area (Å²) in [6.45, 7) is 5.64. The first kappa shape index (κ1) is 17.3. The predicted octanol–water partition coefficient (Wildman–Crippen LogP) is 1.62. The highest BCUT2D eigenvalue weighted by atomic mass is 16.5. The van der Waals surface area contributed by atoms with Crippen molar-refractivity contribution in [3.05, 3.63) is 39.9 Å². The van der Waals surface area contributed by atoms with Gasteiger partial charge in [-0.3, -0.25) is 9.59 Å². The van der Waals surface area contributed by atoms with Gasteiger partial charge in [-0.1, -0.05) is 19.0 Å². The van der Waals surface area contributed by atoms with Gasteiger partial charge in [0.15, 0.2) is 5.82 Å². The number of carbonyl (C=O) groups excluding carboxylic acids is 1. The highest BCUT2D eigenvalue weighted by molar-refractivity contribution is 5.92. The van der Waals surface area contributed by atoms with Gasteiger partial charge in [0, 0.05) is 38.0 Å². The Hall–Kier alpha value is -2.51. The van der Waals surface area contributed by atoms with E-state index in [1.165, 1.54) is 16.8 Å². The van der Waals surface area contributed by atoms with Crippen molar-refractivity contribution >= 4 is 5.91 Å². The van der Waals surface area contributed by atoms with E-state index in [2.05, 4.69) is 15.2 Å². The number of aromatic nitrogens is 4. The molecule has 0 saturated carbocycles. The molecule has 0 bridgehead atoms. The van der Waals surface area contributed by atoms with Crippen LogP contribution in [0.25, 0.3) is 0 Å². The lowest BCUT2D eigenvalue weighted by Gasteiger charge is -2.31. The molecule has 1 unspecified atom stereocenters. The number of nitrogens with zero attached hydrogens (tertiary/aromatic N) is 5. The van der Waals surface area contributed by atoms with Gasteiger partial charge < -0.3 is 9.42 Å². The number of aryl methyl sites for hydroxylation is 2. The van der Waals surface area contributed by atoms with Gasteiger partial charge in [0.05, 0.1) is 0 Å². The molecule has 0 aromatic carbocycles. The zero-order chi connectivity index (χ0) is 17.8. The van der Waals surface area contributed by atoms with E-state index < -0.39 is 0 Å². The van der Waals surface area contributed by atoms with Crippen LogP contribution in [0, 0.1) is 0 Å². The number of amides is 1. The smallest absolute Gasteiger partial charge is 0.274 e. The van der Waals surface area contributed by atoms with E-state index in [4.69, 9.17) is 4.52 Å². The minimum absolute atomic E-state index is 0.0725. The third-order valence-electron chi connectivity index (χ3n) is 4.38. The molecule has 1 atom stereocenters. The summed E-state index contributed by atoms with van der Waals surface area (Å²) in [7, 11) is 0. The zero-order valence-corrected chi connectivity index (χ0v) is 14.6. The molecule has 1 saturated heterocycles. The molecule has 0 N–H and O–H groups in total. The summed E-state index contributed by atoms with van der Waals surface area (Å²) >= 11 is 0. The minimum atomic E-state index is -0.186. The van der Waals surface area contributed by atoms with Crippen LogP contribution in [0.15, 0.2) is 21.5 Å². The number of hydrogen-bond acceptors (Lipinski definition) is 6. The van der Waals surface area contributed by atoms with Crippen molar-refractivity contribution in [2.24, 2.45) is 0 Å². The summed E-state index contributed by atoms with van der Waals surface area (Å²) in [5.41, 5.74) is 0.116. The van der Waals surface area contributed by atoms with Gasteiger partial charge >= 0.3 is 0 Å². The molecule has 134 valence electrons. The average Bonchev–Trinajstić information content (AvgIpc) is 3.12. The average molecular weight is 345 g/mol. The molecule has 25 heavy (non-hydrogen) atoms. The molecule has 1 fully saturated rings. The first-order valence-electron chi connectivity index (χ1n) is 8.82. The van der Waals surface area contributed by atoms with Gasteiger partial charge in [0.2, 0.25) is 5.89 Å². The lowest BCUT2D eigenvalue weighted by molar-refractivity contribution is 0.0694. The van der Waals surface area contributed by atoms with E-state index in [0.717, 1.165) is 19.3 Å². The Morgan fingerprint density at radius 1 is 1.36 bits per heavy atom. The Labute approximate surface area is 145 Å². The second-order valence-electron chi connectivity index (χ2n) is 6.27. The van der Waals surface area contributed by atoms with Crippen molar-refractivity contribution in [1.82, 2.24) is 24.8 Å². The summed E-state index contributed by atoms with van der Waals surface area (Å²) in [5, 5.41) is 8.26. The summed E-state index contributed by atoms with van der Waals surface area (Å²) in [5.74, 6) is 1.20. The molecule has 2 aromatic heterocycles. The van der Waals surface area contributed by atoms with Crippen LogP contribution in [0.5, 0.6) is 0 Å². The van der Waals surface area contributed by atoms with Crippen LogP contribution < -0.4 is 5.56 Å². The van der Waals surface area contributed by atoms with Crippen molar-refractivity contribution in [2.45, 2.75) is 52.0 Å². The molecule has 0 spiro atoms. The van der Waals surface area contributed by atoms with Crippen molar-refractivity contribution in [1.29, 1.82) is 0 Å². The van der Waals surface area contributed by atoms with Crippen LogP contribution in [0.2, 0.25) is 0 Å². The van der Waals surface area contributed by atoms with Crippen molar-refractivity contribution < 1.29 is 9.32 Å². The standard InChI is InChI=1S/C17H23N5O3/c1-3-9-22-15(23)8-7-13(19-22)17(24)21-10-5-6-12(11-21)16-18-14(4-2)25-20-16/h7-8,12H,3-6,9-11H2,1-2H3. The van der Waals surface area contributed by atoms with Gasteiger partial charge in [-0.05, 0) is 25.3 Å². The Balaban J connectivity index is 1.75. The normalized spacial score (nSPS) is 17.7. The second-order valence-corrected chi connectivity index (χ2v) is 6.27. The lowest BCUT2D eigenvalue weighted by atomic mass is 9.97. The summed E-state index contributed by atoms with van der Waals surface area (Å²) in [6, 6.07) is 2.91. The SMILES string of the molecule is CCCn1nc(C(=O)N2CCCC(c3noc(CC)n3)C2)ccc1=O.